The average Bonchev–Trinajstić information content (AvgIpc) is 2.89. The number of aromatic nitrogens is 2. The number of carbonyl (C=O) groups excluding carboxylic acids is 1. The fourth-order valence-corrected chi connectivity index (χ4v) is 4.87. The molecule has 2 N–H and O–H groups in total. The maximum Gasteiger partial charge on any atom is 0.217 e. The van der Waals surface area contributed by atoms with Crippen LogP contribution >= 0.6 is 0 Å². The van der Waals surface area contributed by atoms with Crippen molar-refractivity contribution < 1.29 is 4.79 Å². The number of benzene rings is 1. The predicted octanol–water partition coefficient (Wildman–Crippen LogP) is 5.59. The maximum atomic E-state index is 12.0. The molecule has 0 unspecified atom stereocenters. The van der Waals surface area contributed by atoms with Crippen LogP contribution in [0.15, 0.2) is 60.4 Å². The first kappa shape index (κ1) is 27.8. The van der Waals surface area contributed by atoms with Gasteiger partial charge in [-0.05, 0) is 37.0 Å². The molecule has 3 rings (SSSR count). The van der Waals surface area contributed by atoms with Crippen molar-refractivity contribution >= 4 is 29.1 Å². The first-order chi connectivity index (χ1) is 17.8. The minimum atomic E-state index is -0.281. The van der Waals surface area contributed by atoms with E-state index in [0.29, 0.717) is 12.4 Å². The van der Waals surface area contributed by atoms with Gasteiger partial charge in [0.15, 0.2) is 5.82 Å². The normalized spacial score (nSPS) is 15.9. The molecule has 0 bridgehead atoms. The Bertz CT molecular complexity index is 1190. The zero-order valence-electron chi connectivity index (χ0n) is 22.8. The lowest BCUT2D eigenvalue weighted by Gasteiger charge is -2.38. The Morgan fingerprint density at radius 1 is 1.22 bits per heavy atom. The van der Waals surface area contributed by atoms with Crippen LogP contribution in [0.3, 0.4) is 0 Å². The Morgan fingerprint density at radius 2 is 1.97 bits per heavy atom. The number of rotatable bonds is 10. The Morgan fingerprint density at radius 3 is 2.59 bits per heavy atom. The largest absolute Gasteiger partial charge is 0.383 e. The third-order valence-electron chi connectivity index (χ3n) is 6.60. The van der Waals surface area contributed by atoms with Gasteiger partial charge in [0, 0.05) is 69.9 Å². The van der Waals surface area contributed by atoms with Crippen LogP contribution < -0.4 is 10.6 Å². The summed E-state index contributed by atoms with van der Waals surface area (Å²) in [5.74, 6) is 1.36. The summed E-state index contributed by atoms with van der Waals surface area (Å²) in [7, 11) is 5.74. The number of anilines is 1. The molecule has 0 atom stereocenters. The molecule has 1 aliphatic carbocycles. The van der Waals surface area contributed by atoms with E-state index in [1.54, 1.807) is 14.0 Å². The molecule has 0 spiro atoms. The third-order valence-corrected chi connectivity index (χ3v) is 6.60. The molecule has 0 aliphatic heterocycles. The summed E-state index contributed by atoms with van der Waals surface area (Å²) in [6, 6.07) is 8.17. The second kappa shape index (κ2) is 13.0. The fraction of sp³-hybridized carbons (Fsp3) is 0.400. The number of nitrogens with one attached hydrogen (secondary N) is 2. The number of nitrogens with zero attached hydrogens (tertiary/aromatic N) is 4. The number of hydrogen-bond donors (Lipinski definition) is 2. The topological polar surface area (TPSA) is 82.5 Å². The molecule has 196 valence electrons. The van der Waals surface area contributed by atoms with E-state index in [0.717, 1.165) is 59.3 Å². The summed E-state index contributed by atoms with van der Waals surface area (Å²) < 4.78 is 0. The first-order valence-corrected chi connectivity index (χ1v) is 12.9. The summed E-state index contributed by atoms with van der Waals surface area (Å²) in [6.45, 7) is 8.15. The molecule has 1 aliphatic rings. The lowest BCUT2D eigenvalue weighted by atomic mass is 9.81. The lowest BCUT2D eigenvalue weighted by Crippen LogP contribution is -2.53. The van der Waals surface area contributed by atoms with E-state index < -0.39 is 0 Å². The standard InChI is InChI=1S/C30H40N6O/c1-7-23(18-31-4)27-19-32-28(26-14-12-13-25(17-26)24(8-2)20-36(5)6)34-29(27)33-21-30(35-22(3)37)15-10-9-11-16-30/h7-8,12-14,17-20H,2,9-11,15-16,21H2,1,3-6H3,(H,35,37)(H,32,33,34)/b23-7+,24-20+,31-18?. The van der Waals surface area contributed by atoms with Crippen molar-refractivity contribution in [3.63, 3.8) is 0 Å². The Balaban J connectivity index is 2.03. The summed E-state index contributed by atoms with van der Waals surface area (Å²) in [4.78, 5) is 28.0. The van der Waals surface area contributed by atoms with Gasteiger partial charge >= 0.3 is 0 Å². The molecule has 7 nitrogen and oxygen atoms in total. The molecule has 1 heterocycles. The lowest BCUT2D eigenvalue weighted by molar-refractivity contribution is -0.121. The van der Waals surface area contributed by atoms with Gasteiger partial charge in [-0.15, -0.1) is 0 Å². The number of allylic oxidation sites excluding steroid dienone is 4. The van der Waals surface area contributed by atoms with Crippen molar-refractivity contribution in [2.45, 2.75) is 51.5 Å². The number of aliphatic imine (C=N–C) groups is 1. The highest BCUT2D eigenvalue weighted by Crippen LogP contribution is 2.31. The molecular formula is C30H40N6O. The molecule has 0 saturated heterocycles. The van der Waals surface area contributed by atoms with Gasteiger partial charge in [0.2, 0.25) is 5.91 Å². The van der Waals surface area contributed by atoms with Gasteiger partial charge in [0.25, 0.3) is 0 Å². The highest BCUT2D eigenvalue weighted by Gasteiger charge is 2.33. The zero-order valence-corrected chi connectivity index (χ0v) is 22.8. The smallest absolute Gasteiger partial charge is 0.217 e. The monoisotopic (exact) mass is 500 g/mol. The van der Waals surface area contributed by atoms with E-state index in [2.05, 4.69) is 34.3 Å². The van der Waals surface area contributed by atoms with E-state index in [9.17, 15) is 4.79 Å². The van der Waals surface area contributed by atoms with Crippen LogP contribution in [0.4, 0.5) is 5.82 Å². The molecule has 1 fully saturated rings. The van der Waals surface area contributed by atoms with Crippen LogP contribution in [-0.4, -0.2) is 60.2 Å². The number of hydrogen-bond acceptors (Lipinski definition) is 6. The van der Waals surface area contributed by atoms with Crippen molar-refractivity contribution in [1.29, 1.82) is 0 Å². The van der Waals surface area contributed by atoms with E-state index >= 15 is 0 Å². The Hall–Kier alpha value is -3.74. The van der Waals surface area contributed by atoms with Gasteiger partial charge in [-0.25, -0.2) is 9.97 Å². The SMILES string of the molecule is C=C/C(=C\N(C)C)c1cccc(-c2ncc(/C(C=NC)=C/C)c(NCC3(NC(C)=O)CCCCC3)n2)c1. The fourth-order valence-electron chi connectivity index (χ4n) is 4.87. The highest BCUT2D eigenvalue weighted by molar-refractivity contribution is 6.11. The molecular weight excluding hydrogens is 460 g/mol. The first-order valence-electron chi connectivity index (χ1n) is 12.9. The summed E-state index contributed by atoms with van der Waals surface area (Å²) in [5, 5.41) is 6.82. The van der Waals surface area contributed by atoms with Gasteiger partial charge in [0.05, 0.1) is 5.54 Å². The van der Waals surface area contributed by atoms with Crippen molar-refractivity contribution in [2.24, 2.45) is 4.99 Å². The van der Waals surface area contributed by atoms with Crippen LogP contribution in [0, 0.1) is 0 Å². The van der Waals surface area contributed by atoms with Gasteiger partial charge < -0.3 is 15.5 Å². The minimum Gasteiger partial charge on any atom is -0.383 e. The van der Waals surface area contributed by atoms with E-state index in [1.807, 2.05) is 68.8 Å². The quantitative estimate of drug-likeness (QED) is 0.328. The van der Waals surface area contributed by atoms with Crippen LogP contribution in [0.25, 0.3) is 22.5 Å². The summed E-state index contributed by atoms with van der Waals surface area (Å²) in [5.41, 5.74) is 4.51. The molecule has 1 aromatic heterocycles. The van der Waals surface area contributed by atoms with Crippen LogP contribution in [0.5, 0.6) is 0 Å². The van der Waals surface area contributed by atoms with Gasteiger partial charge in [-0.3, -0.25) is 9.79 Å². The molecule has 1 aromatic carbocycles. The minimum absolute atomic E-state index is 0.000163. The summed E-state index contributed by atoms with van der Waals surface area (Å²) in [6.07, 6.45) is 14.9. The Labute approximate surface area is 221 Å². The highest BCUT2D eigenvalue weighted by atomic mass is 16.1. The molecule has 2 aromatic rings. The molecule has 1 saturated carbocycles. The van der Waals surface area contributed by atoms with Crippen molar-refractivity contribution in [1.82, 2.24) is 20.2 Å². The van der Waals surface area contributed by atoms with Crippen molar-refractivity contribution in [3.8, 4) is 11.4 Å². The van der Waals surface area contributed by atoms with E-state index in [1.165, 1.54) is 6.42 Å². The van der Waals surface area contributed by atoms with Crippen LogP contribution in [0.2, 0.25) is 0 Å². The third kappa shape index (κ3) is 7.38. The van der Waals surface area contributed by atoms with Crippen molar-refractivity contribution in [3.05, 3.63) is 66.5 Å². The number of carbonyl (C=O) groups is 1. The van der Waals surface area contributed by atoms with E-state index in [4.69, 9.17) is 9.97 Å². The Kier molecular flexibility index (Phi) is 9.78. The predicted molar refractivity (Wildman–Crippen MR) is 156 cm³/mol. The molecule has 1 amide bonds. The molecule has 0 radical (unpaired) electrons. The molecule has 7 heteroatoms. The van der Waals surface area contributed by atoms with Gasteiger partial charge in [-0.1, -0.05) is 56.2 Å². The maximum absolute atomic E-state index is 12.0. The van der Waals surface area contributed by atoms with E-state index in [-0.39, 0.29) is 11.4 Å². The van der Waals surface area contributed by atoms with Crippen molar-refractivity contribution in [2.75, 3.05) is 33.0 Å². The zero-order chi connectivity index (χ0) is 26.8. The molecule has 37 heavy (non-hydrogen) atoms. The number of amides is 1. The van der Waals surface area contributed by atoms with Crippen LogP contribution in [0.1, 0.15) is 57.1 Å². The van der Waals surface area contributed by atoms with Gasteiger partial charge in [0.1, 0.15) is 5.82 Å². The second-order valence-electron chi connectivity index (χ2n) is 9.80. The second-order valence-corrected chi connectivity index (χ2v) is 9.80. The van der Waals surface area contributed by atoms with Crippen LogP contribution in [-0.2, 0) is 4.79 Å². The average molecular weight is 501 g/mol. The van der Waals surface area contributed by atoms with Gasteiger partial charge in [-0.2, -0.15) is 0 Å². The summed E-state index contributed by atoms with van der Waals surface area (Å²) >= 11 is 0.